The molecule has 27 heavy (non-hydrogen) atoms. The number of carbonyl (C=O) groups excluding carboxylic acids is 1. The highest BCUT2D eigenvalue weighted by Crippen LogP contribution is 2.28. The topological polar surface area (TPSA) is 63.1 Å². The summed E-state index contributed by atoms with van der Waals surface area (Å²) in [4.78, 5) is 21.0. The first-order chi connectivity index (χ1) is 13.0. The molecule has 0 saturated carbocycles. The summed E-state index contributed by atoms with van der Waals surface area (Å²) >= 11 is 5.00. The van der Waals surface area contributed by atoms with Gasteiger partial charge in [0.15, 0.2) is 5.13 Å². The lowest BCUT2D eigenvalue weighted by Gasteiger charge is -2.23. The van der Waals surface area contributed by atoms with Gasteiger partial charge in [0.05, 0.1) is 28.8 Å². The van der Waals surface area contributed by atoms with Crippen molar-refractivity contribution in [3.8, 4) is 5.69 Å². The average Bonchev–Trinajstić information content (AvgIpc) is 3.24. The number of amides is 1. The van der Waals surface area contributed by atoms with Crippen molar-refractivity contribution in [1.29, 1.82) is 0 Å². The second-order valence-electron chi connectivity index (χ2n) is 6.49. The van der Waals surface area contributed by atoms with Crippen LogP contribution in [-0.2, 0) is 13.0 Å². The average molecular weight is 446 g/mol. The molecule has 0 fully saturated rings. The fourth-order valence-corrected chi connectivity index (χ4v) is 4.52. The molecule has 0 saturated heterocycles. The maximum absolute atomic E-state index is 12.8. The Morgan fingerprint density at radius 2 is 2.11 bits per heavy atom. The summed E-state index contributed by atoms with van der Waals surface area (Å²) in [6.07, 6.45) is 2.55. The van der Waals surface area contributed by atoms with Gasteiger partial charge in [-0.3, -0.25) is 15.0 Å². The molecule has 3 heterocycles. The van der Waals surface area contributed by atoms with E-state index < -0.39 is 0 Å². The third-order valence-corrected chi connectivity index (χ3v) is 6.33. The van der Waals surface area contributed by atoms with Crippen LogP contribution in [0.25, 0.3) is 5.69 Å². The summed E-state index contributed by atoms with van der Waals surface area (Å²) in [5, 5.41) is 8.00. The second-order valence-corrected chi connectivity index (χ2v) is 8.49. The first-order valence-electron chi connectivity index (χ1n) is 8.88. The van der Waals surface area contributed by atoms with Crippen molar-refractivity contribution in [3.05, 3.63) is 56.8 Å². The quantitative estimate of drug-likeness (QED) is 0.658. The van der Waals surface area contributed by atoms with Crippen molar-refractivity contribution < 1.29 is 4.79 Å². The van der Waals surface area contributed by atoms with E-state index in [1.54, 1.807) is 22.2 Å². The third kappa shape index (κ3) is 3.69. The van der Waals surface area contributed by atoms with Crippen molar-refractivity contribution in [2.24, 2.45) is 0 Å². The summed E-state index contributed by atoms with van der Waals surface area (Å²) in [7, 11) is 0. The normalized spacial score (nSPS) is 14.2. The molecule has 0 spiro atoms. The van der Waals surface area contributed by atoms with Gasteiger partial charge in [-0.05, 0) is 37.7 Å². The Morgan fingerprint density at radius 1 is 1.33 bits per heavy atom. The van der Waals surface area contributed by atoms with Gasteiger partial charge in [0.1, 0.15) is 0 Å². The van der Waals surface area contributed by atoms with Gasteiger partial charge in [-0.1, -0.05) is 22.9 Å². The third-order valence-electron chi connectivity index (χ3n) is 4.80. The van der Waals surface area contributed by atoms with Gasteiger partial charge in [-0.2, -0.15) is 5.10 Å². The number of hydrogen-bond donors (Lipinski definition) is 1. The molecule has 0 atom stereocenters. The highest BCUT2D eigenvalue weighted by Gasteiger charge is 2.22. The summed E-state index contributed by atoms with van der Waals surface area (Å²) in [6.45, 7) is 7.05. The van der Waals surface area contributed by atoms with E-state index in [0.29, 0.717) is 10.7 Å². The molecular formula is C19H20BrN5OS. The van der Waals surface area contributed by atoms with Gasteiger partial charge in [-0.25, -0.2) is 9.67 Å². The fraction of sp³-hybridized carbons (Fsp3) is 0.316. The van der Waals surface area contributed by atoms with Crippen molar-refractivity contribution in [1.82, 2.24) is 19.7 Å². The van der Waals surface area contributed by atoms with Crippen LogP contribution in [0.5, 0.6) is 0 Å². The number of nitrogens with one attached hydrogen (secondary N) is 1. The summed E-state index contributed by atoms with van der Waals surface area (Å²) in [5.41, 5.74) is 3.39. The van der Waals surface area contributed by atoms with Crippen LogP contribution in [0.1, 0.15) is 33.5 Å². The Bertz CT molecular complexity index is 979. The molecule has 2 aromatic heterocycles. The SMILES string of the molecule is CCN1CCc2nc(NC(=O)c3cnn(-c4ccc(Br)cc4)c3C)sc2C1. The Morgan fingerprint density at radius 3 is 2.85 bits per heavy atom. The van der Waals surface area contributed by atoms with Crippen LogP contribution >= 0.6 is 27.3 Å². The van der Waals surface area contributed by atoms with E-state index in [1.165, 1.54) is 4.88 Å². The van der Waals surface area contributed by atoms with E-state index >= 15 is 0 Å². The molecule has 0 radical (unpaired) electrons. The lowest BCUT2D eigenvalue weighted by molar-refractivity contribution is 0.102. The molecule has 1 N–H and O–H groups in total. The predicted octanol–water partition coefficient (Wildman–Crippen LogP) is 4.03. The maximum Gasteiger partial charge on any atom is 0.260 e. The van der Waals surface area contributed by atoms with Crippen LogP contribution in [0, 0.1) is 6.92 Å². The largest absolute Gasteiger partial charge is 0.298 e. The van der Waals surface area contributed by atoms with Crippen LogP contribution in [0.4, 0.5) is 5.13 Å². The molecule has 140 valence electrons. The van der Waals surface area contributed by atoms with Crippen molar-refractivity contribution in [2.75, 3.05) is 18.4 Å². The zero-order valence-corrected chi connectivity index (χ0v) is 17.6. The standard InChI is InChI=1S/C19H20BrN5OS/c1-3-24-9-8-16-17(11-24)27-19(22-16)23-18(26)15-10-21-25(12(15)2)14-6-4-13(20)5-7-14/h4-7,10H,3,8-9,11H2,1-2H3,(H,22,23,26). The highest BCUT2D eigenvalue weighted by molar-refractivity contribution is 9.10. The van der Waals surface area contributed by atoms with E-state index in [9.17, 15) is 4.79 Å². The van der Waals surface area contributed by atoms with Gasteiger partial charge >= 0.3 is 0 Å². The van der Waals surface area contributed by atoms with Crippen LogP contribution in [0.2, 0.25) is 0 Å². The minimum Gasteiger partial charge on any atom is -0.298 e. The van der Waals surface area contributed by atoms with Crippen LogP contribution in [-0.4, -0.2) is 38.7 Å². The van der Waals surface area contributed by atoms with Gasteiger partial charge in [0, 0.05) is 28.9 Å². The zero-order chi connectivity index (χ0) is 19.0. The number of nitrogens with zero attached hydrogens (tertiary/aromatic N) is 4. The number of thiazole rings is 1. The molecule has 8 heteroatoms. The van der Waals surface area contributed by atoms with Gasteiger partial charge in [0.25, 0.3) is 5.91 Å². The minimum atomic E-state index is -0.172. The number of benzene rings is 1. The van der Waals surface area contributed by atoms with Gasteiger partial charge < -0.3 is 0 Å². The number of carbonyl (C=O) groups is 1. The van der Waals surface area contributed by atoms with E-state index in [2.05, 4.69) is 43.2 Å². The first kappa shape index (κ1) is 18.3. The number of anilines is 1. The molecular weight excluding hydrogens is 426 g/mol. The molecule has 1 aliphatic rings. The molecule has 1 aliphatic heterocycles. The van der Waals surface area contributed by atoms with Crippen LogP contribution in [0.3, 0.4) is 0 Å². The van der Waals surface area contributed by atoms with Crippen molar-refractivity contribution in [2.45, 2.75) is 26.8 Å². The van der Waals surface area contributed by atoms with Crippen molar-refractivity contribution >= 4 is 38.3 Å². The fourth-order valence-electron chi connectivity index (χ4n) is 3.21. The summed E-state index contributed by atoms with van der Waals surface area (Å²) < 4.78 is 2.77. The number of hydrogen-bond acceptors (Lipinski definition) is 5. The number of likely N-dealkylation sites (N-methyl/N-ethyl adjacent to an activating group) is 1. The van der Waals surface area contributed by atoms with Crippen molar-refractivity contribution in [3.63, 3.8) is 0 Å². The van der Waals surface area contributed by atoms with E-state index in [4.69, 9.17) is 0 Å². The molecule has 3 aromatic rings. The monoisotopic (exact) mass is 445 g/mol. The number of aromatic nitrogens is 3. The highest BCUT2D eigenvalue weighted by atomic mass is 79.9. The minimum absolute atomic E-state index is 0.172. The molecule has 1 aromatic carbocycles. The number of rotatable bonds is 4. The maximum atomic E-state index is 12.8. The molecule has 1 amide bonds. The Balaban J connectivity index is 1.53. The van der Waals surface area contributed by atoms with E-state index in [1.807, 2.05) is 31.2 Å². The second kappa shape index (κ2) is 7.53. The van der Waals surface area contributed by atoms with Gasteiger partial charge in [-0.15, -0.1) is 11.3 Å². The smallest absolute Gasteiger partial charge is 0.260 e. The lowest BCUT2D eigenvalue weighted by Crippen LogP contribution is -2.29. The molecule has 6 nitrogen and oxygen atoms in total. The Kier molecular flexibility index (Phi) is 5.12. The zero-order valence-electron chi connectivity index (χ0n) is 15.2. The van der Waals surface area contributed by atoms with E-state index in [-0.39, 0.29) is 5.91 Å². The molecule has 4 rings (SSSR count). The summed E-state index contributed by atoms with van der Waals surface area (Å²) in [5.74, 6) is -0.172. The van der Waals surface area contributed by atoms with Gasteiger partial charge in [0.2, 0.25) is 0 Å². The van der Waals surface area contributed by atoms with Crippen LogP contribution in [0.15, 0.2) is 34.9 Å². The Labute approximate surface area is 170 Å². The predicted molar refractivity (Wildman–Crippen MR) is 111 cm³/mol. The number of fused-ring (bicyclic) bond motifs is 1. The summed E-state index contributed by atoms with van der Waals surface area (Å²) in [6, 6.07) is 7.83. The van der Waals surface area contributed by atoms with E-state index in [0.717, 1.165) is 47.6 Å². The molecule has 0 unspecified atom stereocenters. The molecule has 0 bridgehead atoms. The number of halogens is 1. The molecule has 0 aliphatic carbocycles. The lowest BCUT2D eigenvalue weighted by atomic mass is 10.2. The Hall–Kier alpha value is -2.03. The first-order valence-corrected chi connectivity index (χ1v) is 10.5. The van der Waals surface area contributed by atoms with Crippen LogP contribution < -0.4 is 5.32 Å².